The average Bonchev–Trinajstić information content (AvgIpc) is 2.38. The van der Waals surface area contributed by atoms with E-state index in [1.54, 1.807) is 25.1 Å². The zero-order valence-corrected chi connectivity index (χ0v) is 11.4. The number of rotatable bonds is 3. The van der Waals surface area contributed by atoms with Crippen LogP contribution in [0.2, 0.25) is 5.02 Å². The molecule has 0 spiro atoms. The third-order valence-electron chi connectivity index (χ3n) is 3.22. The molecule has 1 amide bonds. The van der Waals surface area contributed by atoms with Crippen LogP contribution in [-0.4, -0.2) is 36.8 Å². The van der Waals surface area contributed by atoms with Gasteiger partial charge in [-0.2, -0.15) is 0 Å². The second-order valence-electron chi connectivity index (χ2n) is 4.57. The molecule has 1 saturated heterocycles. The van der Waals surface area contributed by atoms with E-state index < -0.39 is 18.1 Å². The Morgan fingerprint density at radius 2 is 2.37 bits per heavy atom. The molecule has 3 N–H and O–H groups in total. The molecule has 0 radical (unpaired) electrons. The summed E-state index contributed by atoms with van der Waals surface area (Å²) in [7, 11) is 0. The van der Waals surface area contributed by atoms with Gasteiger partial charge in [0, 0.05) is 6.54 Å². The fraction of sp³-hybridized carbons (Fsp3) is 0.462. The summed E-state index contributed by atoms with van der Waals surface area (Å²) in [6.07, 6.45) is -0.580. The number of ether oxygens (including phenoxy) is 1. The van der Waals surface area contributed by atoms with Crippen molar-refractivity contribution in [2.45, 2.75) is 19.1 Å². The minimum atomic E-state index is -0.580. The van der Waals surface area contributed by atoms with Gasteiger partial charge in [0.05, 0.1) is 30.0 Å². The highest BCUT2D eigenvalue weighted by Crippen LogP contribution is 2.31. The molecule has 1 aliphatic rings. The Morgan fingerprint density at radius 1 is 1.63 bits per heavy atom. The maximum absolute atomic E-state index is 11.4. The minimum absolute atomic E-state index is 0.268. The van der Waals surface area contributed by atoms with Crippen molar-refractivity contribution in [1.82, 2.24) is 0 Å². The van der Waals surface area contributed by atoms with Gasteiger partial charge in [-0.3, -0.25) is 4.79 Å². The van der Waals surface area contributed by atoms with Gasteiger partial charge >= 0.3 is 0 Å². The number of aliphatic hydroxyl groups excluding tert-OH is 1. The fourth-order valence-corrected chi connectivity index (χ4v) is 2.44. The highest BCUT2D eigenvalue weighted by molar-refractivity contribution is 6.33. The normalized spacial score (nSPS) is 21.2. The SMILES string of the molecule is C[C@H](O)c1ccc(N2CCOCC2C(N)=O)c(Cl)c1. The van der Waals surface area contributed by atoms with E-state index in [0.717, 1.165) is 11.3 Å². The molecular weight excluding hydrogens is 268 g/mol. The molecule has 0 saturated carbocycles. The van der Waals surface area contributed by atoms with Crippen molar-refractivity contribution in [2.24, 2.45) is 5.73 Å². The van der Waals surface area contributed by atoms with Crippen molar-refractivity contribution >= 4 is 23.2 Å². The minimum Gasteiger partial charge on any atom is -0.389 e. The zero-order valence-electron chi connectivity index (χ0n) is 10.7. The number of anilines is 1. The Kier molecular flexibility index (Phi) is 4.29. The number of carbonyl (C=O) groups excluding carboxylic acids is 1. The quantitative estimate of drug-likeness (QED) is 0.871. The maximum Gasteiger partial charge on any atom is 0.242 e. The molecule has 0 aliphatic carbocycles. The molecule has 2 rings (SSSR count). The summed E-state index contributed by atoms with van der Waals surface area (Å²) in [5, 5.41) is 10.0. The topological polar surface area (TPSA) is 75.8 Å². The molecule has 1 aromatic carbocycles. The number of carbonyl (C=O) groups is 1. The van der Waals surface area contributed by atoms with Crippen LogP contribution >= 0.6 is 11.6 Å². The molecule has 1 unspecified atom stereocenters. The van der Waals surface area contributed by atoms with E-state index in [2.05, 4.69) is 0 Å². The van der Waals surface area contributed by atoms with E-state index in [0.29, 0.717) is 18.2 Å². The zero-order chi connectivity index (χ0) is 14.0. The van der Waals surface area contributed by atoms with Crippen LogP contribution in [-0.2, 0) is 9.53 Å². The predicted molar refractivity (Wildman–Crippen MR) is 73.2 cm³/mol. The van der Waals surface area contributed by atoms with Crippen LogP contribution in [0.5, 0.6) is 0 Å². The second-order valence-corrected chi connectivity index (χ2v) is 4.98. The highest BCUT2D eigenvalue weighted by atomic mass is 35.5. The first-order chi connectivity index (χ1) is 9.00. The number of hydrogen-bond donors (Lipinski definition) is 2. The Bertz CT molecular complexity index is 479. The number of aliphatic hydroxyl groups is 1. The Morgan fingerprint density at radius 3 is 2.95 bits per heavy atom. The standard InChI is InChI=1S/C13H17ClN2O3/c1-8(17)9-2-3-11(10(14)6-9)16-4-5-19-7-12(16)13(15)18/h2-3,6,8,12,17H,4-5,7H2,1H3,(H2,15,18)/t8-,12?/m0/s1. The molecule has 0 bridgehead atoms. The van der Waals surface area contributed by atoms with Crippen molar-refractivity contribution in [3.63, 3.8) is 0 Å². The van der Waals surface area contributed by atoms with Gasteiger partial charge < -0.3 is 20.5 Å². The van der Waals surface area contributed by atoms with Crippen molar-refractivity contribution in [3.8, 4) is 0 Å². The Balaban J connectivity index is 2.31. The Labute approximate surface area is 116 Å². The van der Waals surface area contributed by atoms with Crippen LogP contribution in [0, 0.1) is 0 Å². The lowest BCUT2D eigenvalue weighted by molar-refractivity contribution is -0.121. The first-order valence-electron chi connectivity index (χ1n) is 6.12. The summed E-state index contributed by atoms with van der Waals surface area (Å²) < 4.78 is 5.27. The summed E-state index contributed by atoms with van der Waals surface area (Å²) in [5.41, 5.74) is 6.85. The van der Waals surface area contributed by atoms with Crippen molar-refractivity contribution in [2.75, 3.05) is 24.7 Å². The molecular formula is C13H17ClN2O3. The predicted octanol–water partition coefficient (Wildman–Crippen LogP) is 1.08. The van der Waals surface area contributed by atoms with E-state index >= 15 is 0 Å². The summed E-state index contributed by atoms with van der Waals surface area (Å²) in [5.74, 6) is -0.435. The monoisotopic (exact) mass is 284 g/mol. The van der Waals surface area contributed by atoms with Gasteiger partial charge in [0.25, 0.3) is 0 Å². The molecule has 1 aromatic rings. The first kappa shape index (κ1) is 14.1. The third-order valence-corrected chi connectivity index (χ3v) is 3.52. The van der Waals surface area contributed by atoms with Crippen LogP contribution in [0.4, 0.5) is 5.69 Å². The molecule has 6 heteroatoms. The molecule has 2 atom stereocenters. The molecule has 1 fully saturated rings. The molecule has 1 heterocycles. The smallest absolute Gasteiger partial charge is 0.242 e. The maximum atomic E-state index is 11.4. The number of morpholine rings is 1. The van der Waals surface area contributed by atoms with E-state index in [1.807, 2.05) is 4.90 Å². The van der Waals surface area contributed by atoms with Gasteiger partial charge in [-0.1, -0.05) is 17.7 Å². The lowest BCUT2D eigenvalue weighted by Gasteiger charge is -2.36. The number of hydrogen-bond acceptors (Lipinski definition) is 4. The molecule has 104 valence electrons. The van der Waals surface area contributed by atoms with E-state index in [9.17, 15) is 9.90 Å². The number of primary amides is 1. The van der Waals surface area contributed by atoms with E-state index in [-0.39, 0.29) is 6.61 Å². The first-order valence-corrected chi connectivity index (χ1v) is 6.49. The van der Waals surface area contributed by atoms with Crippen molar-refractivity contribution < 1.29 is 14.6 Å². The molecule has 5 nitrogen and oxygen atoms in total. The lowest BCUT2D eigenvalue weighted by atomic mass is 10.1. The van der Waals surface area contributed by atoms with Crippen LogP contribution < -0.4 is 10.6 Å². The van der Waals surface area contributed by atoms with Crippen LogP contribution in [0.25, 0.3) is 0 Å². The fourth-order valence-electron chi connectivity index (χ4n) is 2.14. The highest BCUT2D eigenvalue weighted by Gasteiger charge is 2.29. The van der Waals surface area contributed by atoms with Crippen molar-refractivity contribution in [3.05, 3.63) is 28.8 Å². The third kappa shape index (κ3) is 3.00. The lowest BCUT2D eigenvalue weighted by Crippen LogP contribution is -2.52. The van der Waals surface area contributed by atoms with Gasteiger partial charge in [0.15, 0.2) is 0 Å². The second kappa shape index (κ2) is 5.77. The number of nitrogens with zero attached hydrogens (tertiary/aromatic N) is 1. The van der Waals surface area contributed by atoms with Crippen LogP contribution in [0.15, 0.2) is 18.2 Å². The molecule has 19 heavy (non-hydrogen) atoms. The summed E-state index contributed by atoms with van der Waals surface area (Å²) >= 11 is 6.23. The number of benzene rings is 1. The summed E-state index contributed by atoms with van der Waals surface area (Å²) in [4.78, 5) is 13.3. The van der Waals surface area contributed by atoms with E-state index in [4.69, 9.17) is 22.1 Å². The molecule has 0 aromatic heterocycles. The van der Waals surface area contributed by atoms with Gasteiger partial charge in [0.1, 0.15) is 6.04 Å². The van der Waals surface area contributed by atoms with Gasteiger partial charge in [-0.15, -0.1) is 0 Å². The van der Waals surface area contributed by atoms with Crippen LogP contribution in [0.3, 0.4) is 0 Å². The van der Waals surface area contributed by atoms with Gasteiger partial charge in [-0.25, -0.2) is 0 Å². The Hall–Kier alpha value is -1.30. The number of amides is 1. The number of nitrogens with two attached hydrogens (primary N) is 1. The molecule has 1 aliphatic heterocycles. The van der Waals surface area contributed by atoms with Gasteiger partial charge in [0.2, 0.25) is 5.91 Å². The summed E-state index contributed by atoms with van der Waals surface area (Å²) in [6.45, 7) is 3.02. The van der Waals surface area contributed by atoms with Gasteiger partial charge in [-0.05, 0) is 24.6 Å². The summed E-state index contributed by atoms with van der Waals surface area (Å²) in [6, 6.07) is 4.78. The van der Waals surface area contributed by atoms with Crippen molar-refractivity contribution in [1.29, 1.82) is 0 Å². The van der Waals surface area contributed by atoms with Crippen LogP contribution in [0.1, 0.15) is 18.6 Å². The van der Waals surface area contributed by atoms with E-state index in [1.165, 1.54) is 0 Å². The average molecular weight is 285 g/mol. The largest absolute Gasteiger partial charge is 0.389 e. The number of halogens is 1.